The average molecular weight is 396 g/mol. The Morgan fingerprint density at radius 1 is 1.46 bits per heavy atom. The number of nitrogens with zero attached hydrogens (tertiary/aromatic N) is 1. The zero-order valence-corrected chi connectivity index (χ0v) is 15.9. The van der Waals surface area contributed by atoms with E-state index in [1.165, 1.54) is 10.4 Å². The molecule has 0 aliphatic carbocycles. The molecule has 9 heteroatoms. The number of carbonyl (C=O) groups excluding carboxylic acids is 1. The Bertz CT molecular complexity index is 683. The molecule has 1 amide bonds. The number of carbonyl (C=O) groups is 1. The van der Waals surface area contributed by atoms with Gasteiger partial charge in [-0.25, -0.2) is 8.42 Å². The Labute approximate surface area is 154 Å². The van der Waals surface area contributed by atoms with E-state index in [0.717, 1.165) is 0 Å². The third-order valence-electron chi connectivity index (χ3n) is 3.97. The third kappa shape index (κ3) is 4.61. The molecule has 0 radical (unpaired) electrons. The maximum Gasteiger partial charge on any atom is 0.244 e. The first kappa shape index (κ1) is 21.2. The van der Waals surface area contributed by atoms with Crippen LogP contribution in [0.3, 0.4) is 0 Å². The van der Waals surface area contributed by atoms with E-state index in [0.29, 0.717) is 38.0 Å². The molecule has 1 atom stereocenters. The molecule has 24 heavy (non-hydrogen) atoms. The van der Waals surface area contributed by atoms with Gasteiger partial charge >= 0.3 is 0 Å². The Morgan fingerprint density at radius 2 is 2.17 bits per heavy atom. The molecule has 0 aromatic heterocycles. The lowest BCUT2D eigenvalue weighted by molar-refractivity contribution is -0.126. The number of sulfonamides is 1. The number of nitrogens with one attached hydrogen (secondary N) is 1. The highest BCUT2D eigenvalue weighted by atomic mass is 35.5. The van der Waals surface area contributed by atoms with Crippen LogP contribution in [-0.4, -0.2) is 44.8 Å². The SMILES string of the molecule is Cc1cccc(S(=O)(=O)N2CCCC(C(=O)NCCN)C2)c1Cl.Cl. The zero-order valence-electron chi connectivity index (χ0n) is 13.5. The van der Waals surface area contributed by atoms with E-state index in [4.69, 9.17) is 17.3 Å². The molecular weight excluding hydrogens is 373 g/mol. The third-order valence-corrected chi connectivity index (χ3v) is 6.49. The first-order valence-electron chi connectivity index (χ1n) is 7.61. The lowest BCUT2D eigenvalue weighted by Crippen LogP contribution is -2.46. The number of benzene rings is 1. The van der Waals surface area contributed by atoms with Gasteiger partial charge in [-0.3, -0.25) is 4.79 Å². The van der Waals surface area contributed by atoms with Crippen LogP contribution in [-0.2, 0) is 14.8 Å². The Kier molecular flexibility index (Phi) is 7.95. The van der Waals surface area contributed by atoms with Crippen molar-refractivity contribution in [2.24, 2.45) is 11.7 Å². The van der Waals surface area contributed by atoms with Crippen molar-refractivity contribution in [3.8, 4) is 0 Å². The predicted octanol–water partition coefficient (Wildman–Crippen LogP) is 1.55. The van der Waals surface area contributed by atoms with Crippen LogP contribution in [0.2, 0.25) is 5.02 Å². The van der Waals surface area contributed by atoms with Gasteiger partial charge in [0, 0.05) is 26.2 Å². The van der Waals surface area contributed by atoms with Crippen molar-refractivity contribution in [2.45, 2.75) is 24.7 Å². The first-order valence-corrected chi connectivity index (χ1v) is 9.42. The monoisotopic (exact) mass is 395 g/mol. The smallest absolute Gasteiger partial charge is 0.244 e. The lowest BCUT2D eigenvalue weighted by atomic mass is 9.99. The number of hydrogen-bond acceptors (Lipinski definition) is 4. The number of aryl methyl sites for hydroxylation is 1. The second kappa shape index (κ2) is 9.01. The van der Waals surface area contributed by atoms with E-state index in [1.807, 2.05) is 0 Å². The van der Waals surface area contributed by atoms with E-state index in [1.54, 1.807) is 19.1 Å². The van der Waals surface area contributed by atoms with Crippen molar-refractivity contribution in [1.29, 1.82) is 0 Å². The summed E-state index contributed by atoms with van der Waals surface area (Å²) in [4.78, 5) is 12.2. The van der Waals surface area contributed by atoms with E-state index in [9.17, 15) is 13.2 Å². The topological polar surface area (TPSA) is 92.5 Å². The van der Waals surface area contributed by atoms with Crippen LogP contribution < -0.4 is 11.1 Å². The summed E-state index contributed by atoms with van der Waals surface area (Å²) in [7, 11) is -3.71. The minimum Gasteiger partial charge on any atom is -0.355 e. The van der Waals surface area contributed by atoms with Gasteiger partial charge in [0.25, 0.3) is 0 Å². The van der Waals surface area contributed by atoms with Crippen molar-refractivity contribution in [3.05, 3.63) is 28.8 Å². The molecule has 1 fully saturated rings. The summed E-state index contributed by atoms with van der Waals surface area (Å²) in [6.45, 7) is 3.09. The van der Waals surface area contributed by atoms with Gasteiger partial charge in [-0.15, -0.1) is 12.4 Å². The highest BCUT2D eigenvalue weighted by Gasteiger charge is 2.34. The first-order chi connectivity index (χ1) is 10.9. The van der Waals surface area contributed by atoms with Crippen molar-refractivity contribution in [2.75, 3.05) is 26.2 Å². The highest BCUT2D eigenvalue weighted by molar-refractivity contribution is 7.89. The van der Waals surface area contributed by atoms with E-state index in [2.05, 4.69) is 5.32 Å². The second-order valence-corrected chi connectivity index (χ2v) is 7.95. The number of piperidine rings is 1. The molecule has 1 saturated heterocycles. The van der Waals surface area contributed by atoms with Gasteiger partial charge in [0.2, 0.25) is 15.9 Å². The summed E-state index contributed by atoms with van der Waals surface area (Å²) in [5, 5.41) is 2.96. The molecule has 1 aliphatic heterocycles. The predicted molar refractivity (Wildman–Crippen MR) is 97.0 cm³/mol. The summed E-state index contributed by atoms with van der Waals surface area (Å²) >= 11 is 6.17. The molecular formula is C15H23Cl2N3O3S. The number of amides is 1. The number of halogens is 2. The summed E-state index contributed by atoms with van der Waals surface area (Å²) in [6, 6.07) is 4.94. The van der Waals surface area contributed by atoms with E-state index >= 15 is 0 Å². The minimum atomic E-state index is -3.71. The normalized spacial score (nSPS) is 18.7. The fourth-order valence-electron chi connectivity index (χ4n) is 2.67. The summed E-state index contributed by atoms with van der Waals surface area (Å²) in [5.41, 5.74) is 6.08. The van der Waals surface area contributed by atoms with Crippen LogP contribution in [0.1, 0.15) is 18.4 Å². The standard InChI is InChI=1S/C15H22ClN3O3S.ClH/c1-11-4-2-6-13(14(11)16)23(21,22)19-9-3-5-12(10-19)15(20)18-8-7-17;/h2,4,6,12H,3,5,7-10,17H2,1H3,(H,18,20);1H. The second-order valence-electron chi connectivity index (χ2n) is 5.67. The Hall–Kier alpha value is -0.860. The minimum absolute atomic E-state index is 0. The van der Waals surface area contributed by atoms with Gasteiger partial charge in [-0.05, 0) is 31.4 Å². The zero-order chi connectivity index (χ0) is 17.0. The molecule has 1 aromatic carbocycles. The van der Waals surface area contributed by atoms with Crippen LogP contribution >= 0.6 is 24.0 Å². The van der Waals surface area contributed by atoms with Gasteiger partial charge in [0.05, 0.1) is 10.9 Å². The van der Waals surface area contributed by atoms with Gasteiger partial charge < -0.3 is 11.1 Å². The molecule has 1 aromatic rings. The molecule has 1 heterocycles. The molecule has 1 unspecified atom stereocenters. The number of hydrogen-bond donors (Lipinski definition) is 2. The Balaban J connectivity index is 0.00000288. The van der Waals surface area contributed by atoms with Gasteiger partial charge in [0.1, 0.15) is 4.90 Å². The van der Waals surface area contributed by atoms with Gasteiger partial charge in [-0.2, -0.15) is 4.31 Å². The fraction of sp³-hybridized carbons (Fsp3) is 0.533. The Morgan fingerprint density at radius 3 is 2.83 bits per heavy atom. The summed E-state index contributed by atoms with van der Waals surface area (Å²) in [6.07, 6.45) is 1.31. The quantitative estimate of drug-likeness (QED) is 0.790. The maximum atomic E-state index is 12.8. The lowest BCUT2D eigenvalue weighted by Gasteiger charge is -2.31. The van der Waals surface area contributed by atoms with E-state index in [-0.39, 0.29) is 40.7 Å². The summed E-state index contributed by atoms with van der Waals surface area (Å²) < 4.78 is 27.0. The van der Waals surface area contributed by atoms with Crippen molar-refractivity contribution in [3.63, 3.8) is 0 Å². The van der Waals surface area contributed by atoms with Gasteiger partial charge in [-0.1, -0.05) is 23.7 Å². The molecule has 2 rings (SSSR count). The van der Waals surface area contributed by atoms with Crippen LogP contribution in [0.4, 0.5) is 0 Å². The van der Waals surface area contributed by atoms with Crippen molar-refractivity contribution in [1.82, 2.24) is 9.62 Å². The van der Waals surface area contributed by atoms with Crippen LogP contribution in [0.25, 0.3) is 0 Å². The highest BCUT2D eigenvalue weighted by Crippen LogP contribution is 2.30. The molecule has 3 N–H and O–H groups in total. The molecule has 1 aliphatic rings. The molecule has 0 saturated carbocycles. The molecule has 0 bridgehead atoms. The number of rotatable bonds is 5. The van der Waals surface area contributed by atoms with Crippen LogP contribution in [0, 0.1) is 12.8 Å². The summed E-state index contributed by atoms with van der Waals surface area (Å²) in [5.74, 6) is -0.501. The number of nitrogens with two attached hydrogens (primary N) is 1. The van der Waals surface area contributed by atoms with Crippen molar-refractivity contribution < 1.29 is 13.2 Å². The van der Waals surface area contributed by atoms with Crippen LogP contribution in [0.5, 0.6) is 0 Å². The van der Waals surface area contributed by atoms with Crippen molar-refractivity contribution >= 4 is 39.9 Å². The molecule has 6 nitrogen and oxygen atoms in total. The molecule has 0 spiro atoms. The largest absolute Gasteiger partial charge is 0.355 e. The van der Waals surface area contributed by atoms with E-state index < -0.39 is 10.0 Å². The maximum absolute atomic E-state index is 12.8. The molecule has 136 valence electrons. The van der Waals surface area contributed by atoms with Gasteiger partial charge in [0.15, 0.2) is 0 Å². The average Bonchev–Trinajstić information content (AvgIpc) is 2.55. The fourth-order valence-corrected chi connectivity index (χ4v) is 4.75. The van der Waals surface area contributed by atoms with Crippen LogP contribution in [0.15, 0.2) is 23.1 Å².